The Morgan fingerprint density at radius 3 is 1.46 bits per heavy atom. The third-order valence-corrected chi connectivity index (χ3v) is 22.0. The fourth-order valence-electron chi connectivity index (χ4n) is 9.12. The fourth-order valence-corrected chi connectivity index (χ4v) is 15.5. The quantitative estimate of drug-likeness (QED) is 0.00268. The molecule has 10 rings (SSSR count). The summed E-state index contributed by atoms with van der Waals surface area (Å²) in [5.74, 6) is -1.44. The second kappa shape index (κ2) is 75.2. The van der Waals surface area contributed by atoms with Crippen molar-refractivity contribution in [2.75, 3.05) is 78.7 Å². The van der Waals surface area contributed by atoms with E-state index in [1.54, 1.807) is 54.6 Å². The summed E-state index contributed by atoms with van der Waals surface area (Å²) >= 11 is 29.4. The number of anilines is 1. The van der Waals surface area contributed by atoms with E-state index >= 15 is 0 Å². The van der Waals surface area contributed by atoms with Crippen molar-refractivity contribution in [3.05, 3.63) is 265 Å². The summed E-state index contributed by atoms with van der Waals surface area (Å²) in [6, 6.07) is 50.6. The maximum absolute atomic E-state index is 14.1. The number of nitrogens with zero attached hydrogens (tertiary/aromatic N) is 2. The molecule has 9 aromatic rings. The van der Waals surface area contributed by atoms with Gasteiger partial charge in [-0.05, 0) is 178 Å². The second-order valence-electron chi connectivity index (χ2n) is 24.1. The van der Waals surface area contributed by atoms with E-state index in [1.807, 2.05) is 60.4 Å². The van der Waals surface area contributed by atoms with Crippen LogP contribution in [-0.4, -0.2) is 169 Å². The number of hydrogen-bond donors (Lipinski definition) is 7. The molecule has 0 unspecified atom stereocenters. The number of halogens is 8. The molecule has 684 valence electrons. The van der Waals surface area contributed by atoms with Crippen LogP contribution in [0.4, 0.5) is 23.8 Å². The first-order chi connectivity index (χ1) is 57.7. The molecule has 126 heavy (non-hydrogen) atoms. The smallest absolute Gasteiger partial charge is 1.00 e. The van der Waals surface area contributed by atoms with Crippen LogP contribution in [-0.2, 0) is 94.2 Å². The van der Waals surface area contributed by atoms with Crippen LogP contribution < -0.4 is 145 Å². The van der Waals surface area contributed by atoms with E-state index in [9.17, 15) is 70.5 Å². The number of aryl methyl sites for hydroxylation is 1. The molecule has 2 heterocycles. The van der Waals surface area contributed by atoms with Gasteiger partial charge in [0.2, 0.25) is 0 Å². The molecule has 40 heteroatoms. The minimum absolute atomic E-state index is 0. The van der Waals surface area contributed by atoms with Gasteiger partial charge in [0.15, 0.2) is 12.1 Å². The van der Waals surface area contributed by atoms with E-state index < -0.39 is 57.3 Å². The maximum atomic E-state index is 14.1. The molecule has 0 atom stereocenters. The molecule has 1 fully saturated rings. The zero-order valence-corrected chi connectivity index (χ0v) is 83.0. The predicted octanol–water partition coefficient (Wildman–Crippen LogP) is 9.64. The number of esters is 3. The van der Waals surface area contributed by atoms with Crippen LogP contribution in [0.5, 0.6) is 23.0 Å². The number of alkyl halides is 1. The fraction of sp³-hybridized carbons (Fsp3) is 0.244. The van der Waals surface area contributed by atoms with E-state index in [0.717, 1.165) is 42.8 Å². The largest absolute Gasteiger partial charge is 1.00 e. The number of sulfonamides is 1. The summed E-state index contributed by atoms with van der Waals surface area (Å²) in [7, 11) is -1.80. The third kappa shape index (κ3) is 51.7. The molecule has 0 saturated carbocycles. The SMILES string of the molecule is C.C.C1CCOC1.CC(C)(C)OC(=O)N(c1cscn1)S(=O)(=O)c1cc(Cl)c(F)cc1F.COC(=O)CN.COC(=O)CNC/C=C/c1cc(Cl)ccc1O.COC(=O)CNCCCc1cc(Cl)ccc1O.O=C/C=C/c1cc(Cl)ccc1O.O=CC=P(c1ccccc1)(c1ccccc1)c1ccccc1.O=CO[O-].O=Cc1cc(Cl)ccc1O.[2H]CF.[CH3-].[H-].[K+].[K+].[Pd]. The zero-order valence-electron chi connectivity index (χ0n) is 70.9. The van der Waals surface area contributed by atoms with E-state index in [4.69, 9.17) is 89.7 Å². The van der Waals surface area contributed by atoms with Crippen LogP contribution in [0.2, 0.25) is 25.1 Å². The van der Waals surface area contributed by atoms with Crippen LogP contribution in [0.1, 0.15) is 84.7 Å². The number of allylic oxidation sites excluding steroid dienone is 1. The number of aldehydes is 3. The van der Waals surface area contributed by atoms with Crippen LogP contribution in [0.25, 0.3) is 12.2 Å². The minimum Gasteiger partial charge on any atom is -1.00 e. The molecule has 1 aromatic heterocycles. The number of rotatable bonds is 23. The van der Waals surface area contributed by atoms with Gasteiger partial charge in [0.05, 0.1) is 65.6 Å². The first-order valence-corrected chi connectivity index (χ1v) is 41.1. The number of carbonyl (C=O) groups excluding carboxylic acids is 8. The molecule has 1 aliphatic rings. The third-order valence-electron chi connectivity index (χ3n) is 14.6. The number of hydrogen-bond acceptors (Lipinski definition) is 26. The summed E-state index contributed by atoms with van der Waals surface area (Å²) in [6.07, 6.45) is 11.2. The molecular weight excluding hydrogens is 1950 g/mol. The van der Waals surface area contributed by atoms with E-state index in [0.29, 0.717) is 75.4 Å². The monoisotopic (exact) mass is 2050 g/mol. The van der Waals surface area contributed by atoms with Gasteiger partial charge in [0.1, 0.15) is 57.7 Å². The van der Waals surface area contributed by atoms with Crippen molar-refractivity contribution in [2.24, 2.45) is 5.73 Å². The van der Waals surface area contributed by atoms with Gasteiger partial charge >= 0.3 is 127 Å². The van der Waals surface area contributed by atoms with Gasteiger partial charge in [-0.15, -0.1) is 15.6 Å². The summed E-state index contributed by atoms with van der Waals surface area (Å²) in [4.78, 5) is 89.5. The van der Waals surface area contributed by atoms with Crippen molar-refractivity contribution in [3.63, 3.8) is 0 Å². The summed E-state index contributed by atoms with van der Waals surface area (Å²) in [5, 5.41) is 57.9. The number of phenolic OH excluding ortho intramolecular Hbond substituents is 4. The van der Waals surface area contributed by atoms with Gasteiger partial charge in [-0.2, -0.15) is 0 Å². The number of benzene rings is 8. The Morgan fingerprint density at radius 1 is 0.659 bits per heavy atom. The van der Waals surface area contributed by atoms with Gasteiger partial charge in [0.25, 0.3) is 16.5 Å². The molecule has 26 nitrogen and oxygen atoms in total. The number of methoxy groups -OCH3 is 3. The molecule has 0 aliphatic carbocycles. The van der Waals surface area contributed by atoms with Crippen molar-refractivity contribution >= 4 is 175 Å². The second-order valence-corrected chi connectivity index (χ2v) is 32.0. The molecule has 1 saturated heterocycles. The van der Waals surface area contributed by atoms with Crippen molar-refractivity contribution < 1.29 is 240 Å². The number of carbonyl (C=O) groups is 8. The Labute approximate surface area is 865 Å². The Morgan fingerprint density at radius 2 is 1.09 bits per heavy atom. The van der Waals surface area contributed by atoms with Gasteiger partial charge in [-0.3, -0.25) is 38.0 Å². The number of nitrogens with two attached hydrogens (primary N) is 1. The van der Waals surface area contributed by atoms with Gasteiger partial charge in [-0.1, -0.05) is 176 Å². The Balaban J connectivity index is -0.000000265. The van der Waals surface area contributed by atoms with Crippen LogP contribution in [0.3, 0.4) is 0 Å². The predicted molar refractivity (Wildman–Crippen MR) is 483 cm³/mol. The van der Waals surface area contributed by atoms with Crippen LogP contribution >= 0.6 is 76.2 Å². The summed E-state index contributed by atoms with van der Waals surface area (Å²) in [6.45, 7) is 5.89. The van der Waals surface area contributed by atoms with Crippen molar-refractivity contribution in [3.8, 4) is 23.0 Å². The van der Waals surface area contributed by atoms with Crippen molar-refractivity contribution in [1.82, 2.24) is 15.6 Å². The average Bonchev–Trinajstić information content (AvgIpc) is 0.845. The molecule has 1 amide bonds. The molecule has 1 aliphatic heterocycles. The molecular formula is C86H103Cl5F3K2N5O21PPdS2-. The Hall–Kier alpha value is -6.54. The Bertz CT molecular complexity index is 4780. The molecule has 8 N–H and O–H groups in total. The number of amides is 1. The molecule has 0 bridgehead atoms. The van der Waals surface area contributed by atoms with Crippen LogP contribution in [0.15, 0.2) is 204 Å². The number of phenols is 4. The Kier molecular flexibility index (Phi) is 76.3. The first-order valence-electron chi connectivity index (χ1n) is 35.7. The minimum atomic E-state index is -4.79. The average molecular weight is 2060 g/mol. The van der Waals surface area contributed by atoms with Gasteiger partial charge < -0.3 is 79.5 Å². The molecule has 0 spiro atoms. The number of aromatic nitrogens is 1. The topological polar surface area (TPSA) is 396 Å². The number of ether oxygens (including phenoxy) is 5. The molecule has 8 aromatic carbocycles. The maximum Gasteiger partial charge on any atom is 1.00 e. The van der Waals surface area contributed by atoms with Crippen molar-refractivity contribution in [1.29, 1.82) is 0 Å². The number of aromatic hydroxyl groups is 4. The van der Waals surface area contributed by atoms with E-state index in [2.05, 4.69) is 71.1 Å². The van der Waals surface area contributed by atoms with Gasteiger partial charge in [0, 0.05) is 82.8 Å². The summed E-state index contributed by atoms with van der Waals surface area (Å²) < 4.78 is 91.8. The first kappa shape index (κ1) is 128. The normalized spacial score (nSPS) is 10.5. The number of nitrogens with one attached hydrogen (secondary N) is 2. The number of thiazole rings is 1. The van der Waals surface area contributed by atoms with Crippen LogP contribution in [0, 0.1) is 19.1 Å². The van der Waals surface area contributed by atoms with E-state index in [1.165, 1.54) is 124 Å². The zero-order chi connectivity index (χ0) is 90.8. The summed E-state index contributed by atoms with van der Waals surface area (Å²) in [5.41, 5.74) is 7.29. The van der Waals surface area contributed by atoms with E-state index in [-0.39, 0.29) is 230 Å². The van der Waals surface area contributed by atoms with Crippen molar-refractivity contribution in [2.45, 2.75) is 71.8 Å². The molecule has 0 radical (unpaired) electrons. The van der Waals surface area contributed by atoms with Gasteiger partial charge in [-0.25, -0.2) is 27.0 Å². The standard InChI is InChI=1S/C20H17OP.C14H13ClF2N2O4S2.C12H16ClNO3.C12H14ClNO3.C9H7ClO2.C7H5ClO2.C4H8O.C3H7NO2.CH3F.CH2O3.2CH4.CH3.2K.Pd.H/c21-16-17-22(18-10-4-1-5-11-18,19-12-6-2-7-13-19)20-14-8-3-9-15-20;1-14(2,3)23-13(20)19(12-6-24-7-18-12)25(21,22)11-4-8(15)9(16)5-10(11)17;2*1-17-12(16)8-14-6-2-3-9-7-10(13)4-5-11(9)15;10-8-3-4-9(12)7(6-8)2-1-5-11;8-6-1-2-7(10)5(3-6)4-9;1-2-4-5-3-1;1-6-3(5)2-4;1-2;2-1-4-3;;;;;;;/h1-17H;4-7H,1-3H3;4-5,7,14-15H,2-3,6,8H2,1H3;2-5,7,14-15H,6,8H2,1H3;1-6,12H;1-4,10H;1-4H2;2,4H2,1H3;1H3;1,3H;2*1H4;1H3;;;;/q;;;;;;;;;;;;-1;2*+1;;-1/p-1/b;;;3-2+;2-1+;;;;;;;;;;;;/i;;;;;;;;1D;;;;;;;;.